The minimum absolute atomic E-state index is 0. The second-order valence-corrected chi connectivity index (χ2v) is 7.52. The zero-order valence-electron chi connectivity index (χ0n) is 15.3. The summed E-state index contributed by atoms with van der Waals surface area (Å²) in [4.78, 5) is 6.30. The number of nitrogens with two attached hydrogens (primary N) is 1. The van der Waals surface area contributed by atoms with E-state index >= 15 is 0 Å². The summed E-state index contributed by atoms with van der Waals surface area (Å²) in [5.41, 5.74) is 6.85. The summed E-state index contributed by atoms with van der Waals surface area (Å²) in [5, 5.41) is 14.7. The predicted molar refractivity (Wildman–Crippen MR) is 112 cm³/mol. The van der Waals surface area contributed by atoms with E-state index in [1.54, 1.807) is 0 Å². The van der Waals surface area contributed by atoms with Gasteiger partial charge in [0.15, 0.2) is 0 Å². The van der Waals surface area contributed by atoms with Gasteiger partial charge in [0.05, 0.1) is 6.61 Å². The van der Waals surface area contributed by atoms with Crippen molar-refractivity contribution in [2.24, 2.45) is 0 Å². The Hall–Kier alpha value is -1.88. The Morgan fingerprint density at radius 2 is 2.11 bits per heavy atom. The summed E-state index contributed by atoms with van der Waals surface area (Å²) in [6.07, 6.45) is 2.87. The van der Waals surface area contributed by atoms with Crippen LogP contribution in [0, 0.1) is 0 Å². The molecule has 0 bridgehead atoms. The van der Waals surface area contributed by atoms with Crippen molar-refractivity contribution in [3.05, 3.63) is 24.3 Å². The highest BCUT2D eigenvalue weighted by atomic mass is 35.5. The summed E-state index contributed by atoms with van der Waals surface area (Å²) >= 11 is 2.83. The zero-order chi connectivity index (χ0) is 18.5. The molecule has 2 heterocycles. The van der Waals surface area contributed by atoms with Crippen molar-refractivity contribution in [2.45, 2.75) is 11.6 Å². The van der Waals surface area contributed by atoms with Crippen molar-refractivity contribution in [1.29, 1.82) is 0 Å². The average molecular weight is 428 g/mol. The van der Waals surface area contributed by atoms with Gasteiger partial charge < -0.3 is 15.4 Å². The number of aromatic nitrogens is 5. The Kier molecular flexibility index (Phi) is 7.84. The van der Waals surface area contributed by atoms with E-state index in [4.69, 9.17) is 10.5 Å². The lowest BCUT2D eigenvalue weighted by Crippen LogP contribution is -2.15. The first-order valence-corrected chi connectivity index (χ1v) is 10.1. The number of nitrogens with zero attached hydrogens (tertiary/aromatic N) is 6. The van der Waals surface area contributed by atoms with E-state index in [1.807, 2.05) is 30.5 Å². The maximum Gasteiger partial charge on any atom is 0.236 e. The molecule has 146 valence electrons. The van der Waals surface area contributed by atoms with Gasteiger partial charge in [0.25, 0.3) is 0 Å². The number of benzene rings is 1. The number of halogens is 1. The number of anilines is 1. The molecule has 0 saturated heterocycles. The Bertz CT molecular complexity index is 868. The van der Waals surface area contributed by atoms with E-state index in [0.29, 0.717) is 22.8 Å². The number of thioether (sulfide) groups is 1. The minimum Gasteiger partial charge on any atom is -0.494 e. The number of hydrogen-bond donors (Lipinski definition) is 1. The van der Waals surface area contributed by atoms with Crippen LogP contribution in [0.25, 0.3) is 15.7 Å². The largest absolute Gasteiger partial charge is 0.494 e. The van der Waals surface area contributed by atoms with Gasteiger partial charge in [0, 0.05) is 12.1 Å². The first kappa shape index (κ1) is 21.4. The maximum absolute atomic E-state index is 5.90. The first-order chi connectivity index (χ1) is 12.6. The van der Waals surface area contributed by atoms with E-state index in [9.17, 15) is 0 Å². The van der Waals surface area contributed by atoms with E-state index in [0.717, 1.165) is 29.3 Å². The number of nitrogen functional groups attached to an aromatic ring is 1. The van der Waals surface area contributed by atoms with Crippen molar-refractivity contribution in [3.8, 4) is 21.5 Å². The first-order valence-electron chi connectivity index (χ1n) is 8.05. The summed E-state index contributed by atoms with van der Waals surface area (Å²) in [7, 11) is 4.11. The molecular formula is C16H22ClN7OS2. The van der Waals surface area contributed by atoms with Crippen LogP contribution in [-0.2, 0) is 0 Å². The molecule has 0 saturated carbocycles. The molecule has 3 rings (SSSR count). The third kappa shape index (κ3) is 5.55. The molecule has 3 aromatic rings. The summed E-state index contributed by atoms with van der Waals surface area (Å²) in [5.74, 6) is 1.12. The van der Waals surface area contributed by atoms with Gasteiger partial charge in [-0.15, -0.1) is 27.7 Å². The maximum atomic E-state index is 5.90. The molecule has 8 nitrogen and oxygen atoms in total. The van der Waals surface area contributed by atoms with Crippen LogP contribution >= 0.6 is 35.5 Å². The predicted octanol–water partition coefficient (Wildman–Crippen LogP) is 2.84. The molecule has 0 aliphatic rings. The van der Waals surface area contributed by atoms with Crippen molar-refractivity contribution in [3.63, 3.8) is 0 Å². The van der Waals surface area contributed by atoms with Gasteiger partial charge in [-0.05, 0) is 38.9 Å². The van der Waals surface area contributed by atoms with Gasteiger partial charge >= 0.3 is 0 Å². The molecule has 2 aromatic heterocycles. The normalized spacial score (nSPS) is 10.8. The molecule has 0 spiro atoms. The molecular weight excluding hydrogens is 406 g/mol. The Morgan fingerprint density at radius 1 is 1.30 bits per heavy atom. The van der Waals surface area contributed by atoms with Gasteiger partial charge in [-0.2, -0.15) is 9.67 Å². The smallest absolute Gasteiger partial charge is 0.236 e. The lowest BCUT2D eigenvalue weighted by atomic mass is 10.2. The fourth-order valence-corrected chi connectivity index (χ4v) is 3.39. The topological polar surface area (TPSA) is 95.0 Å². The van der Waals surface area contributed by atoms with Crippen molar-refractivity contribution < 1.29 is 4.74 Å². The fraction of sp³-hybridized carbons (Fsp3) is 0.375. The third-order valence-corrected chi connectivity index (χ3v) is 4.98. The number of ether oxygens (including phenoxy) is 1. The molecule has 0 fully saturated rings. The van der Waals surface area contributed by atoms with E-state index in [1.165, 1.54) is 27.8 Å². The molecule has 0 unspecified atom stereocenters. The highest BCUT2D eigenvalue weighted by Crippen LogP contribution is 2.29. The molecule has 0 amide bonds. The molecule has 1 aromatic carbocycles. The van der Waals surface area contributed by atoms with Crippen LogP contribution in [0.1, 0.15) is 6.42 Å². The molecule has 27 heavy (non-hydrogen) atoms. The lowest BCUT2D eigenvalue weighted by Gasteiger charge is -2.10. The summed E-state index contributed by atoms with van der Waals surface area (Å²) < 4.78 is 7.33. The van der Waals surface area contributed by atoms with Gasteiger partial charge in [-0.1, -0.05) is 35.2 Å². The third-order valence-electron chi connectivity index (χ3n) is 3.49. The Labute approximate surface area is 172 Å². The second kappa shape index (κ2) is 9.88. The molecule has 0 radical (unpaired) electrons. The quantitative estimate of drug-likeness (QED) is 0.433. The summed E-state index contributed by atoms with van der Waals surface area (Å²) in [6.45, 7) is 1.67. The van der Waals surface area contributed by atoms with Crippen LogP contribution < -0.4 is 10.5 Å². The minimum atomic E-state index is 0. The molecule has 2 N–H and O–H groups in total. The van der Waals surface area contributed by atoms with Gasteiger partial charge in [-0.25, -0.2) is 0 Å². The number of hydrogen-bond acceptors (Lipinski definition) is 9. The highest BCUT2D eigenvalue weighted by Gasteiger charge is 2.14. The monoisotopic (exact) mass is 427 g/mol. The molecule has 11 heteroatoms. The van der Waals surface area contributed by atoms with E-state index in [2.05, 4.69) is 39.3 Å². The van der Waals surface area contributed by atoms with Crippen LogP contribution in [-0.4, -0.2) is 63.4 Å². The van der Waals surface area contributed by atoms with Crippen LogP contribution in [0.15, 0.2) is 29.4 Å². The SMILES string of the molecule is CSc1nc(N)n(-c2nnc(-c3cccc(OCCCN(C)C)c3)s2)n1.Cl. The zero-order valence-corrected chi connectivity index (χ0v) is 17.8. The average Bonchev–Trinajstić information content (AvgIpc) is 3.25. The van der Waals surface area contributed by atoms with Gasteiger partial charge in [0.2, 0.25) is 16.2 Å². The van der Waals surface area contributed by atoms with E-state index in [-0.39, 0.29) is 12.4 Å². The van der Waals surface area contributed by atoms with Crippen molar-refractivity contribution >= 4 is 41.5 Å². The van der Waals surface area contributed by atoms with Gasteiger partial charge in [0.1, 0.15) is 10.8 Å². The molecule has 0 atom stereocenters. The van der Waals surface area contributed by atoms with Crippen LogP contribution in [0.5, 0.6) is 5.75 Å². The molecule has 0 aliphatic carbocycles. The van der Waals surface area contributed by atoms with E-state index < -0.39 is 0 Å². The summed E-state index contributed by atoms with van der Waals surface area (Å²) in [6, 6.07) is 7.85. The second-order valence-electron chi connectivity index (χ2n) is 5.79. The standard InChI is InChI=1S/C16H21N7OS2.ClH/c1-22(2)8-5-9-24-12-7-4-6-11(10-12)13-19-20-16(26-13)23-14(17)18-15(21-23)25-3;/h4,6-7,10H,5,8-9H2,1-3H3,(H2,17,18,21);1H. The Balaban J connectivity index is 0.00000261. The number of rotatable bonds is 8. The van der Waals surface area contributed by atoms with Crippen LogP contribution in [0.4, 0.5) is 5.95 Å². The van der Waals surface area contributed by atoms with Gasteiger partial charge in [-0.3, -0.25) is 0 Å². The van der Waals surface area contributed by atoms with Crippen molar-refractivity contribution in [2.75, 3.05) is 39.2 Å². The van der Waals surface area contributed by atoms with Crippen LogP contribution in [0.3, 0.4) is 0 Å². The Morgan fingerprint density at radius 3 is 2.81 bits per heavy atom. The fourth-order valence-electron chi connectivity index (χ4n) is 2.24. The van der Waals surface area contributed by atoms with Crippen LogP contribution in [0.2, 0.25) is 0 Å². The lowest BCUT2D eigenvalue weighted by molar-refractivity contribution is 0.281. The highest BCUT2D eigenvalue weighted by molar-refractivity contribution is 7.98. The van der Waals surface area contributed by atoms with Crippen molar-refractivity contribution in [1.82, 2.24) is 29.9 Å². The molecule has 0 aliphatic heterocycles.